The van der Waals surface area contributed by atoms with Crippen molar-refractivity contribution >= 4 is 17.4 Å². The van der Waals surface area contributed by atoms with E-state index in [1.54, 1.807) is 0 Å². The van der Waals surface area contributed by atoms with E-state index in [0.29, 0.717) is 5.91 Å². The van der Waals surface area contributed by atoms with Crippen molar-refractivity contribution in [3.8, 4) is 0 Å². The van der Waals surface area contributed by atoms with Crippen LogP contribution in [0.2, 0.25) is 0 Å². The second-order valence-electron chi connectivity index (χ2n) is 7.22. The Kier molecular flexibility index (Phi) is 4.86. The number of likely N-dealkylation sites (tertiary alicyclic amines) is 2. The molecule has 1 spiro atoms. The molecule has 0 saturated carbocycles. The fourth-order valence-corrected chi connectivity index (χ4v) is 4.93. The van der Waals surface area contributed by atoms with Gasteiger partial charge in [-0.25, -0.2) is 4.37 Å². The average Bonchev–Trinajstić information content (AvgIpc) is 3.29. The van der Waals surface area contributed by atoms with Crippen LogP contribution >= 0.6 is 11.5 Å². The van der Waals surface area contributed by atoms with Crippen LogP contribution in [0.5, 0.6) is 0 Å². The molecule has 4 nitrogen and oxygen atoms in total. The van der Waals surface area contributed by atoms with E-state index in [1.807, 2.05) is 12.3 Å². The number of aromatic nitrogens is 1. The lowest BCUT2D eigenvalue weighted by molar-refractivity contribution is -0.147. The van der Waals surface area contributed by atoms with Gasteiger partial charge in [0.25, 0.3) is 0 Å². The Bertz CT molecular complexity index is 703. The standard InChI is InChI=1S/C20H25N3OS/c24-19-20(10-5-12-23(20)15-18-14-21-25-16-18)9-4-11-22(19)13-8-17-6-2-1-3-7-17/h1-3,6-7,14,16H,4-5,8-13,15H2. The van der Waals surface area contributed by atoms with Crippen LogP contribution in [0, 0.1) is 0 Å². The number of carbonyl (C=O) groups excluding carboxylic acids is 1. The first kappa shape index (κ1) is 16.7. The van der Waals surface area contributed by atoms with Gasteiger partial charge in [0.1, 0.15) is 5.54 Å². The Morgan fingerprint density at radius 2 is 1.88 bits per heavy atom. The van der Waals surface area contributed by atoms with Crippen LogP contribution in [-0.2, 0) is 17.8 Å². The molecule has 1 unspecified atom stereocenters. The predicted molar refractivity (Wildman–Crippen MR) is 100 cm³/mol. The molecule has 1 amide bonds. The number of hydrogen-bond acceptors (Lipinski definition) is 4. The van der Waals surface area contributed by atoms with E-state index in [4.69, 9.17) is 0 Å². The minimum atomic E-state index is -0.267. The van der Waals surface area contributed by atoms with Crippen molar-refractivity contribution in [2.24, 2.45) is 0 Å². The Hall–Kier alpha value is -1.72. The maximum atomic E-state index is 13.4. The third-order valence-corrected chi connectivity index (χ3v) is 6.33. The van der Waals surface area contributed by atoms with Crippen LogP contribution in [0.25, 0.3) is 0 Å². The molecule has 0 bridgehead atoms. The Balaban J connectivity index is 1.46. The van der Waals surface area contributed by atoms with E-state index in [9.17, 15) is 4.79 Å². The molecule has 1 aromatic heterocycles. The smallest absolute Gasteiger partial charge is 0.243 e. The highest BCUT2D eigenvalue weighted by atomic mass is 32.1. The van der Waals surface area contributed by atoms with Gasteiger partial charge in [-0.3, -0.25) is 9.69 Å². The van der Waals surface area contributed by atoms with Gasteiger partial charge in [0, 0.05) is 31.2 Å². The van der Waals surface area contributed by atoms with Crippen LogP contribution < -0.4 is 0 Å². The molecule has 0 radical (unpaired) electrons. The summed E-state index contributed by atoms with van der Waals surface area (Å²) in [7, 11) is 0. The lowest BCUT2D eigenvalue weighted by Gasteiger charge is -2.44. The van der Waals surface area contributed by atoms with Gasteiger partial charge >= 0.3 is 0 Å². The molecule has 1 aromatic carbocycles. The normalized spacial score (nSPS) is 24.3. The van der Waals surface area contributed by atoms with E-state index in [2.05, 4.69) is 43.8 Å². The van der Waals surface area contributed by atoms with E-state index in [1.165, 1.54) is 22.7 Å². The zero-order chi connectivity index (χ0) is 17.1. The summed E-state index contributed by atoms with van der Waals surface area (Å²) in [6.45, 7) is 3.61. The van der Waals surface area contributed by atoms with Gasteiger partial charge in [-0.15, -0.1) is 0 Å². The highest BCUT2D eigenvalue weighted by molar-refractivity contribution is 7.03. The lowest BCUT2D eigenvalue weighted by atomic mass is 9.85. The summed E-state index contributed by atoms with van der Waals surface area (Å²) in [5.41, 5.74) is 2.28. The van der Waals surface area contributed by atoms with Gasteiger partial charge in [0.15, 0.2) is 0 Å². The molecular weight excluding hydrogens is 330 g/mol. The molecule has 132 valence electrons. The highest BCUT2D eigenvalue weighted by Crippen LogP contribution is 2.39. The first-order valence-electron chi connectivity index (χ1n) is 9.24. The summed E-state index contributed by atoms with van der Waals surface area (Å²) in [6, 6.07) is 10.5. The molecular formula is C20H25N3OS. The number of amides is 1. The van der Waals surface area contributed by atoms with E-state index < -0.39 is 0 Å². The summed E-state index contributed by atoms with van der Waals surface area (Å²) in [5, 5.41) is 2.10. The molecule has 5 heteroatoms. The fourth-order valence-electron chi connectivity index (χ4n) is 4.40. The average molecular weight is 356 g/mol. The van der Waals surface area contributed by atoms with Gasteiger partial charge in [-0.2, -0.15) is 0 Å². The first-order valence-corrected chi connectivity index (χ1v) is 10.1. The van der Waals surface area contributed by atoms with Crippen LogP contribution in [0.15, 0.2) is 41.9 Å². The topological polar surface area (TPSA) is 36.4 Å². The largest absolute Gasteiger partial charge is 0.341 e. The van der Waals surface area contributed by atoms with Crippen LogP contribution in [0.4, 0.5) is 0 Å². The maximum Gasteiger partial charge on any atom is 0.243 e. The molecule has 2 fully saturated rings. The van der Waals surface area contributed by atoms with Crippen LogP contribution in [-0.4, -0.2) is 45.3 Å². The van der Waals surface area contributed by atoms with E-state index in [-0.39, 0.29) is 5.54 Å². The third kappa shape index (κ3) is 3.35. The van der Waals surface area contributed by atoms with Gasteiger partial charge < -0.3 is 4.90 Å². The number of carbonyl (C=O) groups is 1. The minimum Gasteiger partial charge on any atom is -0.341 e. The summed E-state index contributed by atoms with van der Waals surface area (Å²) in [5.74, 6) is 0.357. The van der Waals surface area contributed by atoms with Gasteiger partial charge in [0.2, 0.25) is 5.91 Å². The first-order chi connectivity index (χ1) is 12.3. The van der Waals surface area contributed by atoms with Crippen LogP contribution in [0.3, 0.4) is 0 Å². The van der Waals surface area contributed by atoms with Crippen LogP contribution in [0.1, 0.15) is 36.8 Å². The Morgan fingerprint density at radius 1 is 1.08 bits per heavy atom. The summed E-state index contributed by atoms with van der Waals surface area (Å²) < 4.78 is 4.21. The molecule has 3 heterocycles. The number of nitrogens with zero attached hydrogens (tertiary/aromatic N) is 3. The van der Waals surface area contributed by atoms with E-state index >= 15 is 0 Å². The van der Waals surface area contributed by atoms with Gasteiger partial charge in [-0.1, -0.05) is 30.3 Å². The highest BCUT2D eigenvalue weighted by Gasteiger charge is 2.50. The number of hydrogen-bond donors (Lipinski definition) is 0. The van der Waals surface area contributed by atoms with Crippen molar-refractivity contribution in [3.63, 3.8) is 0 Å². The molecule has 2 aliphatic heterocycles. The summed E-state index contributed by atoms with van der Waals surface area (Å²) in [4.78, 5) is 17.9. The molecule has 4 rings (SSSR count). The SMILES string of the molecule is O=C1N(CCc2ccccc2)CCCC12CCCN2Cc1cnsc1. The molecule has 25 heavy (non-hydrogen) atoms. The minimum absolute atomic E-state index is 0.267. The zero-order valence-corrected chi connectivity index (χ0v) is 15.4. The second kappa shape index (κ2) is 7.26. The maximum absolute atomic E-state index is 13.4. The lowest BCUT2D eigenvalue weighted by Crippen LogP contribution is -2.59. The summed E-state index contributed by atoms with van der Waals surface area (Å²) in [6.07, 6.45) is 7.12. The fraction of sp³-hybridized carbons (Fsp3) is 0.500. The van der Waals surface area contributed by atoms with Crippen molar-refractivity contribution in [1.29, 1.82) is 0 Å². The van der Waals surface area contributed by atoms with Gasteiger partial charge in [0.05, 0.1) is 0 Å². The quantitative estimate of drug-likeness (QED) is 0.825. The monoisotopic (exact) mass is 355 g/mol. The number of benzene rings is 1. The van der Waals surface area contributed by atoms with Crippen molar-refractivity contribution < 1.29 is 4.79 Å². The van der Waals surface area contributed by atoms with Crippen molar-refractivity contribution in [1.82, 2.24) is 14.2 Å². The van der Waals surface area contributed by atoms with Crippen molar-refractivity contribution in [2.45, 2.75) is 44.2 Å². The number of piperidine rings is 1. The van der Waals surface area contributed by atoms with Gasteiger partial charge in [-0.05, 0) is 61.3 Å². The number of rotatable bonds is 5. The predicted octanol–water partition coefficient (Wildman–Crippen LogP) is 3.34. The molecule has 0 aliphatic carbocycles. The molecule has 2 aromatic rings. The molecule has 0 N–H and O–H groups in total. The molecule has 1 atom stereocenters. The summed E-state index contributed by atoms with van der Waals surface area (Å²) >= 11 is 1.49. The van der Waals surface area contributed by atoms with Crippen molar-refractivity contribution in [3.05, 3.63) is 53.0 Å². The molecule has 2 aliphatic rings. The van der Waals surface area contributed by atoms with E-state index in [0.717, 1.165) is 58.3 Å². The second-order valence-corrected chi connectivity index (χ2v) is 7.88. The Labute approximate surface area is 153 Å². The third-order valence-electron chi connectivity index (χ3n) is 5.70. The van der Waals surface area contributed by atoms with Crippen molar-refractivity contribution in [2.75, 3.05) is 19.6 Å². The Morgan fingerprint density at radius 3 is 2.64 bits per heavy atom. The molecule has 2 saturated heterocycles. The zero-order valence-electron chi connectivity index (χ0n) is 14.6.